The Kier molecular flexibility index (Phi) is 4.97. The van der Waals surface area contributed by atoms with E-state index in [1.807, 2.05) is 73.7 Å². The zero-order valence-electron chi connectivity index (χ0n) is 19.3. The van der Waals surface area contributed by atoms with Crippen LogP contribution in [0.1, 0.15) is 16.2 Å². The van der Waals surface area contributed by atoms with Gasteiger partial charge in [0.2, 0.25) is 0 Å². The molecule has 6 rings (SSSR count). The Bertz CT molecular complexity index is 1840. The smallest absolute Gasteiger partial charge is 0.354 e. The van der Waals surface area contributed by atoms with Crippen LogP contribution in [0.4, 0.5) is 0 Å². The number of carbonyl (C=O) groups is 1. The summed E-state index contributed by atoms with van der Waals surface area (Å²) in [6.07, 6.45) is 0. The molecular weight excluding hydrogens is 452 g/mol. The second-order valence-corrected chi connectivity index (χ2v) is 8.56. The van der Waals surface area contributed by atoms with Crippen LogP contribution in [0.3, 0.4) is 0 Å². The van der Waals surface area contributed by atoms with Crippen molar-refractivity contribution in [1.82, 2.24) is 19.6 Å². The van der Waals surface area contributed by atoms with Crippen LogP contribution in [0.25, 0.3) is 50.1 Å². The highest BCUT2D eigenvalue weighted by molar-refractivity contribution is 5.93. The molecule has 0 radical (unpaired) electrons. The maximum atomic E-state index is 13.8. The number of fused-ring (bicyclic) bond motifs is 2. The number of aromatic carboxylic acids is 1. The van der Waals surface area contributed by atoms with E-state index in [0.717, 1.165) is 27.8 Å². The van der Waals surface area contributed by atoms with Crippen LogP contribution in [0.5, 0.6) is 0 Å². The largest absolute Gasteiger partial charge is 0.477 e. The molecule has 7 heteroatoms. The van der Waals surface area contributed by atoms with Gasteiger partial charge in [-0.1, -0.05) is 72.8 Å². The van der Waals surface area contributed by atoms with Crippen molar-refractivity contribution in [2.24, 2.45) is 0 Å². The van der Waals surface area contributed by atoms with Crippen molar-refractivity contribution in [2.75, 3.05) is 0 Å². The topological polar surface area (TPSA) is 100 Å². The van der Waals surface area contributed by atoms with Gasteiger partial charge in [-0.3, -0.25) is 4.79 Å². The first-order valence-electron chi connectivity index (χ1n) is 11.4. The molecule has 3 aromatic heterocycles. The van der Waals surface area contributed by atoms with Gasteiger partial charge in [0.25, 0.3) is 5.56 Å². The van der Waals surface area contributed by atoms with Gasteiger partial charge >= 0.3 is 5.97 Å². The van der Waals surface area contributed by atoms with E-state index in [1.165, 1.54) is 10.6 Å². The minimum Gasteiger partial charge on any atom is -0.477 e. The predicted octanol–water partition coefficient (Wildman–Crippen LogP) is 5.58. The summed E-state index contributed by atoms with van der Waals surface area (Å²) in [5.41, 5.74) is 6.26. The number of H-pyrrole nitrogens is 1. The fourth-order valence-corrected chi connectivity index (χ4v) is 4.60. The number of pyridine rings is 1. The second-order valence-electron chi connectivity index (χ2n) is 8.56. The monoisotopic (exact) mass is 472 g/mol. The van der Waals surface area contributed by atoms with Gasteiger partial charge < -0.3 is 10.1 Å². The first-order chi connectivity index (χ1) is 17.5. The van der Waals surface area contributed by atoms with E-state index in [9.17, 15) is 14.7 Å². The molecule has 0 saturated heterocycles. The number of carboxylic acids is 1. The van der Waals surface area contributed by atoms with E-state index >= 15 is 0 Å². The molecule has 0 atom stereocenters. The molecule has 3 aromatic carbocycles. The molecule has 0 aliphatic carbocycles. The number of rotatable bonds is 4. The zero-order chi connectivity index (χ0) is 24.8. The molecule has 0 saturated carbocycles. The molecule has 7 nitrogen and oxygen atoms in total. The van der Waals surface area contributed by atoms with Crippen LogP contribution in [0.15, 0.2) is 95.8 Å². The maximum Gasteiger partial charge on any atom is 0.354 e. The fourth-order valence-electron chi connectivity index (χ4n) is 4.60. The molecule has 0 unspecified atom stereocenters. The summed E-state index contributed by atoms with van der Waals surface area (Å²) in [5.74, 6) is -1.08. The standard InChI is InChI=1S/C29H20N4O3/c1-17-24(21-13-14-22-20(16-21)12-15-23(31-22)29(35)36)28(34)33-27(30-17)25(18-8-4-2-5-9-18)26(32-33)19-10-6-3-7-11-19/h2-16,30H,1H3,(H,35,36). The summed E-state index contributed by atoms with van der Waals surface area (Å²) in [6, 6.07) is 28.2. The quantitative estimate of drug-likeness (QED) is 0.349. The highest BCUT2D eigenvalue weighted by Gasteiger charge is 2.21. The van der Waals surface area contributed by atoms with Crippen molar-refractivity contribution in [1.29, 1.82) is 0 Å². The molecule has 0 aliphatic heterocycles. The number of hydrogen-bond donors (Lipinski definition) is 2. The van der Waals surface area contributed by atoms with Gasteiger partial charge in [-0.15, -0.1) is 0 Å². The molecule has 3 heterocycles. The molecule has 0 aliphatic rings. The van der Waals surface area contributed by atoms with Crippen molar-refractivity contribution < 1.29 is 9.90 Å². The van der Waals surface area contributed by atoms with Crippen molar-refractivity contribution in [2.45, 2.75) is 6.92 Å². The Balaban J connectivity index is 1.60. The number of aromatic amines is 1. The van der Waals surface area contributed by atoms with E-state index in [-0.39, 0.29) is 11.3 Å². The van der Waals surface area contributed by atoms with Crippen molar-refractivity contribution in [3.05, 3.63) is 113 Å². The van der Waals surface area contributed by atoms with Gasteiger partial charge in [0, 0.05) is 16.6 Å². The minimum atomic E-state index is -1.08. The van der Waals surface area contributed by atoms with Crippen molar-refractivity contribution >= 4 is 22.5 Å². The van der Waals surface area contributed by atoms with Gasteiger partial charge in [0.1, 0.15) is 17.0 Å². The lowest BCUT2D eigenvalue weighted by molar-refractivity contribution is 0.0691. The Morgan fingerprint density at radius 3 is 2.22 bits per heavy atom. The highest BCUT2D eigenvalue weighted by Crippen LogP contribution is 2.35. The molecule has 36 heavy (non-hydrogen) atoms. The first kappa shape index (κ1) is 21.5. The molecule has 0 amide bonds. The molecule has 174 valence electrons. The normalized spacial score (nSPS) is 11.2. The molecule has 0 fully saturated rings. The minimum absolute atomic E-state index is 0.0240. The van der Waals surface area contributed by atoms with Crippen LogP contribution in [-0.4, -0.2) is 30.7 Å². The molecule has 6 aromatic rings. The summed E-state index contributed by atoms with van der Waals surface area (Å²) < 4.78 is 1.43. The number of hydrogen-bond acceptors (Lipinski definition) is 4. The number of nitrogens with zero attached hydrogens (tertiary/aromatic N) is 3. The summed E-state index contributed by atoms with van der Waals surface area (Å²) >= 11 is 0. The Hall–Kier alpha value is -5.04. The third kappa shape index (κ3) is 3.45. The highest BCUT2D eigenvalue weighted by atomic mass is 16.4. The van der Waals surface area contributed by atoms with Gasteiger partial charge in [-0.05, 0) is 36.2 Å². The van der Waals surface area contributed by atoms with E-state index in [4.69, 9.17) is 5.10 Å². The Labute approximate surface area is 205 Å². The molecule has 0 spiro atoms. The van der Waals surface area contributed by atoms with E-state index < -0.39 is 5.97 Å². The lowest BCUT2D eigenvalue weighted by atomic mass is 10.0. The lowest BCUT2D eigenvalue weighted by Crippen LogP contribution is -2.19. The summed E-state index contributed by atoms with van der Waals surface area (Å²) in [4.78, 5) is 32.7. The van der Waals surface area contributed by atoms with Crippen LogP contribution < -0.4 is 5.56 Å². The maximum absolute atomic E-state index is 13.8. The molecular formula is C29H20N4O3. The number of benzene rings is 3. The van der Waals surface area contributed by atoms with E-state index in [1.54, 1.807) is 18.2 Å². The zero-order valence-corrected chi connectivity index (χ0v) is 19.3. The first-order valence-corrected chi connectivity index (χ1v) is 11.4. The van der Waals surface area contributed by atoms with Gasteiger partial charge in [-0.2, -0.15) is 9.61 Å². The number of nitrogens with one attached hydrogen (secondary N) is 1. The lowest BCUT2D eigenvalue weighted by Gasteiger charge is -2.09. The SMILES string of the molecule is Cc1[nH]c2c(-c3ccccc3)c(-c3ccccc3)nn2c(=O)c1-c1ccc2nc(C(=O)O)ccc2c1. The molecule has 0 bridgehead atoms. The third-order valence-corrected chi connectivity index (χ3v) is 6.28. The Morgan fingerprint density at radius 2 is 1.53 bits per heavy atom. The number of aryl methyl sites for hydroxylation is 1. The average Bonchev–Trinajstić information content (AvgIpc) is 3.29. The predicted molar refractivity (Wildman–Crippen MR) is 139 cm³/mol. The second kappa shape index (κ2) is 8.32. The van der Waals surface area contributed by atoms with Crippen LogP contribution in [0.2, 0.25) is 0 Å². The van der Waals surface area contributed by atoms with Gasteiger partial charge in [0.05, 0.1) is 16.6 Å². The van der Waals surface area contributed by atoms with Crippen LogP contribution in [0, 0.1) is 6.92 Å². The number of aromatic nitrogens is 4. The van der Waals surface area contributed by atoms with Gasteiger partial charge in [-0.25, -0.2) is 9.78 Å². The molecule has 2 N–H and O–H groups in total. The van der Waals surface area contributed by atoms with Crippen LogP contribution >= 0.6 is 0 Å². The summed E-state index contributed by atoms with van der Waals surface area (Å²) in [6.45, 7) is 1.87. The van der Waals surface area contributed by atoms with Crippen molar-refractivity contribution in [3.8, 4) is 33.5 Å². The summed E-state index contributed by atoms with van der Waals surface area (Å²) in [7, 11) is 0. The third-order valence-electron chi connectivity index (χ3n) is 6.28. The summed E-state index contributed by atoms with van der Waals surface area (Å²) in [5, 5.41) is 14.7. The average molecular weight is 473 g/mol. The van der Waals surface area contributed by atoms with Crippen molar-refractivity contribution in [3.63, 3.8) is 0 Å². The van der Waals surface area contributed by atoms with E-state index in [2.05, 4.69) is 9.97 Å². The fraction of sp³-hybridized carbons (Fsp3) is 0.0345. The van der Waals surface area contributed by atoms with Gasteiger partial charge in [0.15, 0.2) is 0 Å². The number of carboxylic acid groups (broad SMARTS) is 1. The van der Waals surface area contributed by atoms with E-state index in [0.29, 0.717) is 28.0 Å². The Morgan fingerprint density at radius 1 is 0.833 bits per heavy atom. The van der Waals surface area contributed by atoms with Crippen LogP contribution in [-0.2, 0) is 0 Å².